The quantitative estimate of drug-likeness (QED) is 0.349. The second kappa shape index (κ2) is 10.8. The Morgan fingerprint density at radius 1 is 1.11 bits per heavy atom. The largest absolute Gasteiger partial charge is 0.459 e. The summed E-state index contributed by atoms with van der Waals surface area (Å²) in [5.74, 6) is 2.66. The Morgan fingerprint density at radius 2 is 1.75 bits per heavy atom. The molecule has 1 aliphatic rings. The number of carbonyl (C=O) groups excluding carboxylic acids is 1. The van der Waals surface area contributed by atoms with Crippen molar-refractivity contribution in [3.8, 4) is 11.3 Å². The number of benzene rings is 1. The summed E-state index contributed by atoms with van der Waals surface area (Å²) in [6, 6.07) is 12.0. The lowest BCUT2D eigenvalue weighted by Crippen LogP contribution is -2.53. The topological polar surface area (TPSA) is 61.1 Å². The normalized spacial score (nSPS) is 14.6. The highest BCUT2D eigenvalue weighted by Gasteiger charge is 2.20. The van der Waals surface area contributed by atoms with Crippen LogP contribution in [0.25, 0.3) is 11.3 Å². The minimum Gasteiger partial charge on any atom is -0.459 e. The van der Waals surface area contributed by atoms with E-state index in [9.17, 15) is 4.79 Å². The molecular weight excluding hydrogens is 535 g/mol. The molecule has 1 saturated heterocycles. The van der Waals surface area contributed by atoms with Gasteiger partial charge in [0.15, 0.2) is 5.96 Å². The van der Waals surface area contributed by atoms with E-state index < -0.39 is 0 Å². The highest BCUT2D eigenvalue weighted by atomic mass is 127. The van der Waals surface area contributed by atoms with Crippen LogP contribution in [-0.2, 0) is 11.3 Å². The van der Waals surface area contributed by atoms with Gasteiger partial charge in [0.25, 0.3) is 0 Å². The van der Waals surface area contributed by atoms with E-state index in [0.717, 1.165) is 60.2 Å². The Balaban J connectivity index is 0.00000280. The van der Waals surface area contributed by atoms with Crippen LogP contribution in [0.3, 0.4) is 0 Å². The van der Waals surface area contributed by atoms with Crippen LogP contribution in [0.5, 0.6) is 0 Å². The molecule has 1 N–H and O–H groups in total. The fourth-order valence-electron chi connectivity index (χ4n) is 3.04. The van der Waals surface area contributed by atoms with Crippen LogP contribution in [-0.4, -0.2) is 54.4 Å². The molecule has 2 aromatic rings. The van der Waals surface area contributed by atoms with Gasteiger partial charge in [0.2, 0.25) is 5.91 Å². The third-order valence-electron chi connectivity index (χ3n) is 4.53. The second-order valence-electron chi connectivity index (χ2n) is 6.44. The molecule has 6 nitrogen and oxygen atoms in total. The Bertz CT molecular complexity index is 799. The first kappa shape index (κ1) is 22.7. The summed E-state index contributed by atoms with van der Waals surface area (Å²) in [5, 5.41) is 3.34. The van der Waals surface area contributed by atoms with Gasteiger partial charge in [-0.1, -0.05) is 28.1 Å². The standard InChI is InChI=1S/C20H25BrN4O2.HI/c1-3-22-20(25-12-10-24(11-13-25)15(2)26)23-14-18-8-9-19(27-18)16-4-6-17(21)7-5-16;/h4-9H,3,10-14H2,1-2H3,(H,22,23);1H. The van der Waals surface area contributed by atoms with E-state index in [4.69, 9.17) is 9.41 Å². The van der Waals surface area contributed by atoms with E-state index in [-0.39, 0.29) is 29.9 Å². The van der Waals surface area contributed by atoms with Gasteiger partial charge >= 0.3 is 0 Å². The summed E-state index contributed by atoms with van der Waals surface area (Å²) in [6.07, 6.45) is 0. The SMILES string of the molecule is CCNC(=NCc1ccc(-c2ccc(Br)cc2)o1)N1CCN(C(C)=O)CC1.I. The van der Waals surface area contributed by atoms with Crippen LogP contribution >= 0.6 is 39.9 Å². The van der Waals surface area contributed by atoms with Crippen molar-refractivity contribution in [2.45, 2.75) is 20.4 Å². The van der Waals surface area contributed by atoms with E-state index in [1.807, 2.05) is 41.3 Å². The molecule has 152 valence electrons. The van der Waals surface area contributed by atoms with Gasteiger partial charge in [-0.25, -0.2) is 4.99 Å². The highest BCUT2D eigenvalue weighted by molar-refractivity contribution is 14.0. The van der Waals surface area contributed by atoms with E-state index in [1.165, 1.54) is 0 Å². The Labute approximate surface area is 191 Å². The lowest BCUT2D eigenvalue weighted by atomic mass is 10.2. The number of furan rings is 1. The molecule has 0 unspecified atom stereocenters. The zero-order valence-corrected chi connectivity index (χ0v) is 20.1. The maximum atomic E-state index is 11.5. The molecule has 28 heavy (non-hydrogen) atoms. The first-order valence-electron chi connectivity index (χ1n) is 9.20. The smallest absolute Gasteiger partial charge is 0.219 e. The molecule has 8 heteroatoms. The monoisotopic (exact) mass is 560 g/mol. The van der Waals surface area contributed by atoms with Crippen molar-refractivity contribution in [3.63, 3.8) is 0 Å². The fourth-order valence-corrected chi connectivity index (χ4v) is 3.31. The van der Waals surface area contributed by atoms with Crippen LogP contribution in [0, 0.1) is 0 Å². The third-order valence-corrected chi connectivity index (χ3v) is 5.06. The molecule has 3 rings (SSSR count). The van der Waals surface area contributed by atoms with Crippen molar-refractivity contribution in [2.75, 3.05) is 32.7 Å². The molecule has 1 aromatic carbocycles. The average Bonchev–Trinajstić information content (AvgIpc) is 3.15. The van der Waals surface area contributed by atoms with E-state index in [1.54, 1.807) is 6.92 Å². The minimum absolute atomic E-state index is 0. The van der Waals surface area contributed by atoms with Crippen molar-refractivity contribution in [3.05, 3.63) is 46.6 Å². The van der Waals surface area contributed by atoms with Crippen molar-refractivity contribution >= 4 is 51.8 Å². The lowest BCUT2D eigenvalue weighted by Gasteiger charge is -2.36. The zero-order chi connectivity index (χ0) is 19.2. The number of nitrogens with one attached hydrogen (secondary N) is 1. The fraction of sp³-hybridized carbons (Fsp3) is 0.400. The van der Waals surface area contributed by atoms with Crippen LogP contribution in [0.1, 0.15) is 19.6 Å². The maximum Gasteiger partial charge on any atom is 0.219 e. The zero-order valence-electron chi connectivity index (χ0n) is 16.2. The number of amides is 1. The van der Waals surface area contributed by atoms with Gasteiger partial charge in [-0.2, -0.15) is 0 Å². The minimum atomic E-state index is 0. The van der Waals surface area contributed by atoms with Gasteiger partial charge in [0.1, 0.15) is 18.1 Å². The molecule has 0 spiro atoms. The molecule has 1 amide bonds. The first-order valence-corrected chi connectivity index (χ1v) is 9.99. The molecule has 0 atom stereocenters. The molecule has 1 aromatic heterocycles. The number of aliphatic imine (C=N–C) groups is 1. The Kier molecular flexibility index (Phi) is 8.81. The van der Waals surface area contributed by atoms with E-state index >= 15 is 0 Å². The van der Waals surface area contributed by atoms with Crippen molar-refractivity contribution in [2.24, 2.45) is 4.99 Å². The number of guanidine groups is 1. The number of halogens is 2. The molecule has 0 saturated carbocycles. The molecule has 2 heterocycles. The highest BCUT2D eigenvalue weighted by Crippen LogP contribution is 2.24. The van der Waals surface area contributed by atoms with Gasteiger partial charge in [-0.3, -0.25) is 4.79 Å². The number of carbonyl (C=O) groups is 1. The van der Waals surface area contributed by atoms with Gasteiger partial charge < -0.3 is 19.5 Å². The van der Waals surface area contributed by atoms with Gasteiger partial charge in [0.05, 0.1) is 0 Å². The number of nitrogens with zero attached hydrogens (tertiary/aromatic N) is 3. The molecule has 0 aliphatic carbocycles. The summed E-state index contributed by atoms with van der Waals surface area (Å²) >= 11 is 3.45. The molecule has 1 fully saturated rings. The number of hydrogen-bond acceptors (Lipinski definition) is 3. The summed E-state index contributed by atoms with van der Waals surface area (Å²) in [5.41, 5.74) is 1.04. The molecular formula is C20H26BrIN4O2. The van der Waals surface area contributed by atoms with E-state index in [0.29, 0.717) is 6.54 Å². The Hall–Kier alpha value is -1.55. The first-order chi connectivity index (χ1) is 13.1. The summed E-state index contributed by atoms with van der Waals surface area (Å²) in [7, 11) is 0. The van der Waals surface area contributed by atoms with Gasteiger partial charge in [-0.05, 0) is 31.2 Å². The Morgan fingerprint density at radius 3 is 2.36 bits per heavy atom. The lowest BCUT2D eigenvalue weighted by molar-refractivity contribution is -0.130. The third kappa shape index (κ3) is 5.97. The summed E-state index contributed by atoms with van der Waals surface area (Å²) < 4.78 is 7.00. The van der Waals surface area contributed by atoms with Gasteiger partial charge in [0, 0.05) is 49.7 Å². The van der Waals surface area contributed by atoms with E-state index in [2.05, 4.69) is 33.1 Å². The van der Waals surface area contributed by atoms with Crippen molar-refractivity contribution in [1.82, 2.24) is 15.1 Å². The number of piperazine rings is 1. The molecule has 0 bridgehead atoms. The summed E-state index contributed by atoms with van der Waals surface area (Å²) in [6.45, 7) is 7.98. The van der Waals surface area contributed by atoms with Crippen molar-refractivity contribution < 1.29 is 9.21 Å². The van der Waals surface area contributed by atoms with Crippen molar-refractivity contribution in [1.29, 1.82) is 0 Å². The number of rotatable bonds is 4. The molecule has 1 aliphatic heterocycles. The predicted octanol–water partition coefficient (Wildman–Crippen LogP) is 3.96. The van der Waals surface area contributed by atoms with Crippen LogP contribution in [0.15, 0.2) is 50.3 Å². The van der Waals surface area contributed by atoms with Crippen LogP contribution < -0.4 is 5.32 Å². The predicted molar refractivity (Wildman–Crippen MR) is 126 cm³/mol. The van der Waals surface area contributed by atoms with Gasteiger partial charge in [-0.15, -0.1) is 24.0 Å². The summed E-state index contributed by atoms with van der Waals surface area (Å²) in [4.78, 5) is 20.3. The molecule has 0 radical (unpaired) electrons. The average molecular weight is 561 g/mol. The second-order valence-corrected chi connectivity index (χ2v) is 7.35. The number of hydrogen-bond donors (Lipinski definition) is 1. The maximum absolute atomic E-state index is 11.5. The van der Waals surface area contributed by atoms with Crippen LogP contribution in [0.2, 0.25) is 0 Å². The van der Waals surface area contributed by atoms with Crippen LogP contribution in [0.4, 0.5) is 0 Å².